The van der Waals surface area contributed by atoms with Gasteiger partial charge in [0.1, 0.15) is 0 Å². The average molecular weight is 296 g/mol. The van der Waals surface area contributed by atoms with Crippen LogP contribution in [0.2, 0.25) is 0 Å². The second-order valence-corrected chi connectivity index (χ2v) is 5.29. The second-order valence-electron chi connectivity index (χ2n) is 4.31. The van der Waals surface area contributed by atoms with Crippen LogP contribution in [0.25, 0.3) is 10.9 Å². The monoisotopic (exact) mass is 295 g/mol. The number of fused-ring (bicyclic) bond motifs is 1. The maximum absolute atomic E-state index is 11.8. The van der Waals surface area contributed by atoms with E-state index in [1.807, 2.05) is 32.0 Å². The summed E-state index contributed by atoms with van der Waals surface area (Å²) in [4.78, 5) is 11.7. The summed E-state index contributed by atoms with van der Waals surface area (Å²) in [5, 5.41) is 10.7. The molecule has 0 bridgehead atoms. The molecule has 4 nitrogen and oxygen atoms in total. The van der Waals surface area contributed by atoms with Gasteiger partial charge in [-0.3, -0.25) is 9.89 Å². The van der Waals surface area contributed by atoms with Gasteiger partial charge < -0.3 is 5.32 Å². The Bertz CT molecular complexity index is 535. The SMILES string of the molecule is CC(C)C(Br)C(=O)Nc1ccc2cn[nH]c2c1. The number of H-pyrrole nitrogens is 1. The van der Waals surface area contributed by atoms with Crippen LogP contribution in [-0.2, 0) is 4.79 Å². The highest BCUT2D eigenvalue weighted by atomic mass is 79.9. The minimum atomic E-state index is -0.181. The third-order valence-electron chi connectivity index (χ3n) is 2.55. The summed E-state index contributed by atoms with van der Waals surface area (Å²) in [7, 11) is 0. The number of alkyl halides is 1. The maximum atomic E-state index is 11.8. The Hall–Kier alpha value is -1.36. The lowest BCUT2D eigenvalue weighted by atomic mass is 10.1. The molecule has 0 spiro atoms. The molecule has 2 N–H and O–H groups in total. The van der Waals surface area contributed by atoms with E-state index in [9.17, 15) is 4.79 Å². The third-order valence-corrected chi connectivity index (χ3v) is 4.02. The van der Waals surface area contributed by atoms with E-state index < -0.39 is 0 Å². The number of nitrogens with one attached hydrogen (secondary N) is 2. The van der Waals surface area contributed by atoms with Crippen LogP contribution in [0.1, 0.15) is 13.8 Å². The first-order chi connectivity index (χ1) is 8.08. The first kappa shape index (κ1) is 12.1. The van der Waals surface area contributed by atoms with Crippen LogP contribution in [0.15, 0.2) is 24.4 Å². The Kier molecular flexibility index (Phi) is 3.47. The number of aromatic amines is 1. The van der Waals surface area contributed by atoms with E-state index in [0.717, 1.165) is 16.6 Å². The van der Waals surface area contributed by atoms with E-state index in [1.165, 1.54) is 0 Å². The van der Waals surface area contributed by atoms with Gasteiger partial charge in [0.2, 0.25) is 5.91 Å². The molecule has 0 aliphatic carbocycles. The number of aromatic nitrogens is 2. The van der Waals surface area contributed by atoms with E-state index >= 15 is 0 Å². The molecule has 1 unspecified atom stereocenters. The van der Waals surface area contributed by atoms with Gasteiger partial charge in [0.15, 0.2) is 0 Å². The molecule has 1 aromatic carbocycles. The number of nitrogens with zero attached hydrogens (tertiary/aromatic N) is 1. The van der Waals surface area contributed by atoms with Crippen molar-refractivity contribution in [1.29, 1.82) is 0 Å². The Labute approximate surface area is 108 Å². The van der Waals surface area contributed by atoms with Gasteiger partial charge in [-0.1, -0.05) is 29.8 Å². The highest BCUT2D eigenvalue weighted by molar-refractivity contribution is 9.10. The van der Waals surface area contributed by atoms with Crippen LogP contribution in [0.4, 0.5) is 5.69 Å². The van der Waals surface area contributed by atoms with Gasteiger partial charge in [0.05, 0.1) is 16.5 Å². The van der Waals surface area contributed by atoms with Crippen molar-refractivity contribution >= 4 is 38.4 Å². The van der Waals surface area contributed by atoms with Crippen LogP contribution in [-0.4, -0.2) is 20.9 Å². The highest BCUT2D eigenvalue weighted by Gasteiger charge is 2.18. The summed E-state index contributed by atoms with van der Waals surface area (Å²) in [6.07, 6.45) is 1.75. The summed E-state index contributed by atoms with van der Waals surface area (Å²) >= 11 is 3.38. The molecule has 1 amide bonds. The number of amides is 1. The number of carbonyl (C=O) groups is 1. The molecule has 0 saturated heterocycles. The Balaban J connectivity index is 2.15. The minimum absolute atomic E-state index is 0.0288. The van der Waals surface area contributed by atoms with E-state index in [1.54, 1.807) is 6.20 Å². The van der Waals surface area contributed by atoms with E-state index in [4.69, 9.17) is 0 Å². The fourth-order valence-electron chi connectivity index (χ4n) is 1.53. The van der Waals surface area contributed by atoms with Gasteiger partial charge in [0, 0.05) is 11.1 Å². The molecule has 0 fully saturated rings. The molecule has 1 heterocycles. The predicted octanol–water partition coefficient (Wildman–Crippen LogP) is 2.92. The Morgan fingerprint density at radius 1 is 1.47 bits per heavy atom. The number of benzene rings is 1. The Morgan fingerprint density at radius 3 is 2.94 bits per heavy atom. The minimum Gasteiger partial charge on any atom is -0.325 e. The zero-order chi connectivity index (χ0) is 12.4. The zero-order valence-corrected chi connectivity index (χ0v) is 11.3. The van der Waals surface area contributed by atoms with Crippen molar-refractivity contribution in [3.8, 4) is 0 Å². The molecule has 0 radical (unpaired) electrons. The molecule has 0 saturated carbocycles. The summed E-state index contributed by atoms with van der Waals surface area (Å²) < 4.78 is 0. The van der Waals surface area contributed by atoms with Gasteiger partial charge in [0.25, 0.3) is 0 Å². The normalized spacial score (nSPS) is 12.9. The lowest BCUT2D eigenvalue weighted by Crippen LogP contribution is -2.26. The van der Waals surface area contributed by atoms with Crippen LogP contribution in [0.3, 0.4) is 0 Å². The fraction of sp³-hybridized carbons (Fsp3) is 0.333. The number of hydrogen-bond acceptors (Lipinski definition) is 2. The number of hydrogen-bond donors (Lipinski definition) is 2. The van der Waals surface area contributed by atoms with Crippen LogP contribution >= 0.6 is 15.9 Å². The van der Waals surface area contributed by atoms with Crippen molar-refractivity contribution in [2.75, 3.05) is 5.32 Å². The summed E-state index contributed by atoms with van der Waals surface area (Å²) in [6.45, 7) is 3.99. The molecule has 2 rings (SSSR count). The summed E-state index contributed by atoms with van der Waals surface area (Å²) in [5.41, 5.74) is 1.69. The molecular formula is C12H14BrN3O. The van der Waals surface area contributed by atoms with Crippen LogP contribution in [0.5, 0.6) is 0 Å². The molecule has 90 valence electrons. The van der Waals surface area contributed by atoms with Gasteiger partial charge >= 0.3 is 0 Å². The van der Waals surface area contributed by atoms with Gasteiger partial charge in [-0.15, -0.1) is 0 Å². The number of halogens is 1. The number of carbonyl (C=O) groups excluding carboxylic acids is 1. The van der Waals surface area contributed by atoms with Crippen molar-refractivity contribution < 1.29 is 4.79 Å². The smallest absolute Gasteiger partial charge is 0.238 e. The largest absolute Gasteiger partial charge is 0.325 e. The van der Waals surface area contributed by atoms with E-state index in [0.29, 0.717) is 0 Å². The summed E-state index contributed by atoms with van der Waals surface area (Å²) in [6, 6.07) is 5.67. The van der Waals surface area contributed by atoms with Crippen LogP contribution < -0.4 is 5.32 Å². The lowest BCUT2D eigenvalue weighted by Gasteiger charge is -2.13. The molecule has 0 aliphatic rings. The van der Waals surface area contributed by atoms with Crippen molar-refractivity contribution in [3.05, 3.63) is 24.4 Å². The standard InChI is InChI=1S/C12H14BrN3O/c1-7(2)11(13)12(17)15-9-4-3-8-6-14-16-10(8)5-9/h3-7,11H,1-2H3,(H,14,16)(H,15,17). The quantitative estimate of drug-likeness (QED) is 0.856. The van der Waals surface area contributed by atoms with Crippen molar-refractivity contribution in [2.45, 2.75) is 18.7 Å². The van der Waals surface area contributed by atoms with Gasteiger partial charge in [-0.25, -0.2) is 0 Å². The molecule has 2 aromatic rings. The average Bonchev–Trinajstić information content (AvgIpc) is 2.74. The molecule has 17 heavy (non-hydrogen) atoms. The molecule has 1 aromatic heterocycles. The van der Waals surface area contributed by atoms with E-state index in [-0.39, 0.29) is 16.7 Å². The van der Waals surface area contributed by atoms with Gasteiger partial charge in [-0.2, -0.15) is 5.10 Å². The molecule has 5 heteroatoms. The third kappa shape index (κ3) is 2.66. The zero-order valence-electron chi connectivity index (χ0n) is 9.70. The topological polar surface area (TPSA) is 57.8 Å². The van der Waals surface area contributed by atoms with Crippen LogP contribution in [0, 0.1) is 5.92 Å². The summed E-state index contributed by atoms with van der Waals surface area (Å²) in [5.74, 6) is 0.227. The van der Waals surface area contributed by atoms with E-state index in [2.05, 4.69) is 31.4 Å². The van der Waals surface area contributed by atoms with Gasteiger partial charge in [-0.05, 0) is 24.1 Å². The Morgan fingerprint density at radius 2 is 2.24 bits per heavy atom. The predicted molar refractivity (Wildman–Crippen MR) is 72.3 cm³/mol. The highest BCUT2D eigenvalue weighted by Crippen LogP contribution is 2.19. The van der Waals surface area contributed by atoms with Crippen molar-refractivity contribution in [3.63, 3.8) is 0 Å². The van der Waals surface area contributed by atoms with Crippen molar-refractivity contribution in [2.24, 2.45) is 5.92 Å². The first-order valence-electron chi connectivity index (χ1n) is 5.46. The molecule has 0 aliphatic heterocycles. The maximum Gasteiger partial charge on any atom is 0.238 e. The number of anilines is 1. The second kappa shape index (κ2) is 4.87. The lowest BCUT2D eigenvalue weighted by molar-refractivity contribution is -0.116. The molecular weight excluding hydrogens is 282 g/mol. The number of rotatable bonds is 3. The first-order valence-corrected chi connectivity index (χ1v) is 6.37. The fourth-order valence-corrected chi connectivity index (χ4v) is 1.64. The van der Waals surface area contributed by atoms with Crippen molar-refractivity contribution in [1.82, 2.24) is 10.2 Å². The molecule has 1 atom stereocenters.